The average Bonchev–Trinajstić information content (AvgIpc) is 3.33. The van der Waals surface area contributed by atoms with Crippen LogP contribution in [0.5, 0.6) is 0 Å². The number of rotatable bonds is 4. The molecule has 1 fully saturated rings. The summed E-state index contributed by atoms with van der Waals surface area (Å²) in [5.74, 6) is 0.985. The lowest BCUT2D eigenvalue weighted by Gasteiger charge is -2.23. The molecule has 0 aliphatic carbocycles. The van der Waals surface area contributed by atoms with Crippen LogP contribution in [0, 0.1) is 0 Å². The summed E-state index contributed by atoms with van der Waals surface area (Å²) in [7, 11) is 0. The van der Waals surface area contributed by atoms with E-state index in [2.05, 4.69) is 88.3 Å². The van der Waals surface area contributed by atoms with Crippen LogP contribution in [0.2, 0.25) is 0 Å². The molecule has 29 heavy (non-hydrogen) atoms. The van der Waals surface area contributed by atoms with Crippen molar-refractivity contribution in [3.05, 3.63) is 96.0 Å². The molecule has 0 bridgehead atoms. The van der Waals surface area contributed by atoms with E-state index in [4.69, 9.17) is 9.98 Å². The molecule has 144 valence electrons. The third-order valence-electron chi connectivity index (χ3n) is 5.43. The van der Waals surface area contributed by atoms with Crippen molar-refractivity contribution in [2.24, 2.45) is 4.99 Å². The summed E-state index contributed by atoms with van der Waals surface area (Å²) >= 11 is 0. The van der Waals surface area contributed by atoms with Crippen LogP contribution >= 0.6 is 0 Å². The van der Waals surface area contributed by atoms with E-state index < -0.39 is 0 Å². The SMILES string of the molecule is c1ccc(CN=c2c3ccccc3nc(N3CCCC3)n2-c2ccccc2)cc1. The van der Waals surface area contributed by atoms with Gasteiger partial charge in [0.15, 0.2) is 0 Å². The molecule has 3 aromatic carbocycles. The molecular weight excluding hydrogens is 356 g/mol. The van der Waals surface area contributed by atoms with Gasteiger partial charge in [-0.1, -0.05) is 60.7 Å². The largest absolute Gasteiger partial charge is 0.342 e. The van der Waals surface area contributed by atoms with Gasteiger partial charge in [-0.05, 0) is 42.7 Å². The first-order valence-electron chi connectivity index (χ1n) is 10.3. The molecule has 0 unspecified atom stereocenters. The quantitative estimate of drug-likeness (QED) is 0.513. The average molecular weight is 380 g/mol. The molecule has 1 aliphatic rings. The molecule has 5 rings (SSSR count). The van der Waals surface area contributed by atoms with Crippen molar-refractivity contribution in [2.75, 3.05) is 18.0 Å². The van der Waals surface area contributed by atoms with E-state index in [9.17, 15) is 0 Å². The monoisotopic (exact) mass is 380 g/mol. The number of benzene rings is 3. The molecule has 0 N–H and O–H groups in total. The molecule has 1 saturated heterocycles. The number of hydrogen-bond acceptors (Lipinski definition) is 3. The summed E-state index contributed by atoms with van der Waals surface area (Å²) in [5.41, 5.74) is 4.26. The van der Waals surface area contributed by atoms with Crippen LogP contribution in [0.25, 0.3) is 16.6 Å². The van der Waals surface area contributed by atoms with Gasteiger partial charge < -0.3 is 4.90 Å². The minimum atomic E-state index is 0.640. The van der Waals surface area contributed by atoms with E-state index in [1.165, 1.54) is 18.4 Å². The second-order valence-electron chi connectivity index (χ2n) is 7.42. The third-order valence-corrected chi connectivity index (χ3v) is 5.43. The van der Waals surface area contributed by atoms with Crippen molar-refractivity contribution in [3.63, 3.8) is 0 Å². The highest BCUT2D eigenvalue weighted by atomic mass is 15.3. The van der Waals surface area contributed by atoms with E-state index >= 15 is 0 Å². The van der Waals surface area contributed by atoms with Crippen LogP contribution in [-0.4, -0.2) is 22.6 Å². The first-order valence-corrected chi connectivity index (χ1v) is 10.3. The van der Waals surface area contributed by atoms with Crippen LogP contribution in [0.4, 0.5) is 5.95 Å². The van der Waals surface area contributed by atoms with Gasteiger partial charge in [-0.2, -0.15) is 0 Å². The minimum absolute atomic E-state index is 0.640. The number of anilines is 1. The molecule has 0 atom stereocenters. The lowest BCUT2D eigenvalue weighted by Crippen LogP contribution is -2.31. The zero-order valence-electron chi connectivity index (χ0n) is 16.4. The van der Waals surface area contributed by atoms with Crippen molar-refractivity contribution >= 4 is 16.9 Å². The van der Waals surface area contributed by atoms with Crippen molar-refractivity contribution in [1.82, 2.24) is 9.55 Å². The molecular formula is C25H24N4. The smallest absolute Gasteiger partial charge is 0.212 e. The van der Waals surface area contributed by atoms with Gasteiger partial charge in [-0.3, -0.25) is 9.56 Å². The fraction of sp³-hybridized carbons (Fsp3) is 0.200. The van der Waals surface area contributed by atoms with Crippen LogP contribution in [0.3, 0.4) is 0 Å². The van der Waals surface area contributed by atoms with Crippen molar-refractivity contribution in [2.45, 2.75) is 19.4 Å². The van der Waals surface area contributed by atoms with Gasteiger partial charge >= 0.3 is 0 Å². The Balaban J connectivity index is 1.80. The normalized spacial score (nSPS) is 14.6. The Labute approximate surface area is 170 Å². The number of aromatic nitrogens is 2. The molecule has 1 aromatic heterocycles. The lowest BCUT2D eigenvalue weighted by molar-refractivity contribution is 0.813. The molecule has 0 spiro atoms. The molecule has 1 aliphatic heterocycles. The highest BCUT2D eigenvalue weighted by Gasteiger charge is 2.20. The van der Waals surface area contributed by atoms with Gasteiger partial charge in [0.2, 0.25) is 5.95 Å². The van der Waals surface area contributed by atoms with Crippen LogP contribution in [-0.2, 0) is 6.54 Å². The first kappa shape index (κ1) is 17.7. The highest BCUT2D eigenvalue weighted by molar-refractivity contribution is 5.79. The molecule has 4 nitrogen and oxygen atoms in total. The summed E-state index contributed by atoms with van der Waals surface area (Å²) in [6.45, 7) is 2.72. The number of fused-ring (bicyclic) bond motifs is 1. The van der Waals surface area contributed by atoms with Crippen molar-refractivity contribution in [1.29, 1.82) is 0 Å². The Kier molecular flexibility index (Phi) is 4.83. The second kappa shape index (κ2) is 7.92. The van der Waals surface area contributed by atoms with Crippen LogP contribution in [0.1, 0.15) is 18.4 Å². The summed E-state index contributed by atoms with van der Waals surface area (Å²) in [6.07, 6.45) is 2.42. The summed E-state index contributed by atoms with van der Waals surface area (Å²) in [4.78, 5) is 12.6. The van der Waals surface area contributed by atoms with E-state index in [1.54, 1.807) is 0 Å². The Morgan fingerprint density at radius 3 is 2.17 bits per heavy atom. The molecule has 0 amide bonds. The maximum Gasteiger partial charge on any atom is 0.212 e. The van der Waals surface area contributed by atoms with E-state index in [-0.39, 0.29) is 0 Å². The van der Waals surface area contributed by atoms with E-state index in [0.29, 0.717) is 6.54 Å². The van der Waals surface area contributed by atoms with Crippen LogP contribution < -0.4 is 10.4 Å². The first-order chi connectivity index (χ1) is 14.4. The summed E-state index contributed by atoms with van der Waals surface area (Å²) in [6, 6.07) is 29.2. The van der Waals surface area contributed by atoms with E-state index in [0.717, 1.165) is 41.1 Å². The summed E-state index contributed by atoms with van der Waals surface area (Å²) in [5, 5.41) is 1.08. The Morgan fingerprint density at radius 1 is 0.759 bits per heavy atom. The fourth-order valence-electron chi connectivity index (χ4n) is 3.98. The topological polar surface area (TPSA) is 33.4 Å². The van der Waals surface area contributed by atoms with Gasteiger partial charge in [0, 0.05) is 18.5 Å². The zero-order chi connectivity index (χ0) is 19.5. The highest BCUT2D eigenvalue weighted by Crippen LogP contribution is 2.23. The van der Waals surface area contributed by atoms with Crippen molar-refractivity contribution in [3.8, 4) is 5.69 Å². The van der Waals surface area contributed by atoms with Gasteiger partial charge in [-0.15, -0.1) is 0 Å². The van der Waals surface area contributed by atoms with Gasteiger partial charge in [0.1, 0.15) is 5.49 Å². The maximum absolute atomic E-state index is 5.11. The van der Waals surface area contributed by atoms with Gasteiger partial charge in [-0.25, -0.2) is 4.98 Å². The predicted molar refractivity (Wildman–Crippen MR) is 118 cm³/mol. The van der Waals surface area contributed by atoms with Gasteiger partial charge in [0.25, 0.3) is 0 Å². The number of hydrogen-bond donors (Lipinski definition) is 0. The Hall–Kier alpha value is -3.40. The Bertz CT molecular complexity index is 1170. The molecule has 0 radical (unpaired) electrons. The fourth-order valence-corrected chi connectivity index (χ4v) is 3.98. The molecule has 4 aromatic rings. The van der Waals surface area contributed by atoms with Gasteiger partial charge in [0.05, 0.1) is 17.7 Å². The third kappa shape index (κ3) is 3.54. The molecule has 2 heterocycles. The molecule has 0 saturated carbocycles. The zero-order valence-corrected chi connectivity index (χ0v) is 16.4. The number of nitrogens with zero attached hydrogens (tertiary/aromatic N) is 4. The Morgan fingerprint density at radius 2 is 1.41 bits per heavy atom. The van der Waals surface area contributed by atoms with E-state index in [1.807, 2.05) is 6.07 Å². The van der Waals surface area contributed by atoms with Crippen LogP contribution in [0.15, 0.2) is 89.9 Å². The summed E-state index contributed by atoms with van der Waals surface area (Å²) < 4.78 is 2.23. The number of para-hydroxylation sites is 2. The lowest BCUT2D eigenvalue weighted by atomic mass is 10.2. The standard InChI is InChI=1S/C25H24N4/c1-3-11-20(12-4-1)19-26-24-22-15-7-8-16-23(22)27-25(28-17-9-10-18-28)29(24)21-13-5-2-6-14-21/h1-8,11-16H,9-10,17-19H2. The second-order valence-corrected chi connectivity index (χ2v) is 7.42. The van der Waals surface area contributed by atoms with Crippen molar-refractivity contribution < 1.29 is 0 Å². The predicted octanol–water partition coefficient (Wildman–Crippen LogP) is 4.73. The molecule has 4 heteroatoms. The minimum Gasteiger partial charge on any atom is -0.342 e. The maximum atomic E-state index is 5.11.